The molecule has 0 aliphatic carbocycles. The number of aryl methyl sites for hydroxylation is 1. The van der Waals surface area contributed by atoms with Gasteiger partial charge in [0.05, 0.1) is 11.9 Å². The summed E-state index contributed by atoms with van der Waals surface area (Å²) in [6.07, 6.45) is 6.03. The smallest absolute Gasteiger partial charge is 0.283 e. The van der Waals surface area contributed by atoms with Gasteiger partial charge in [-0.1, -0.05) is 40.0 Å². The molecule has 114 valence electrons. The summed E-state index contributed by atoms with van der Waals surface area (Å²) >= 11 is 3.41. The lowest BCUT2D eigenvalue weighted by Crippen LogP contribution is -2.29. The first-order valence-corrected chi connectivity index (χ1v) is 8.36. The molecule has 0 bridgehead atoms. The van der Waals surface area contributed by atoms with Crippen LogP contribution in [-0.2, 0) is 6.54 Å². The monoisotopic (exact) mass is 343 g/mol. The van der Waals surface area contributed by atoms with E-state index in [0.717, 1.165) is 31.4 Å². The number of halogens is 1. The van der Waals surface area contributed by atoms with Gasteiger partial charge in [0, 0.05) is 12.6 Å². The van der Waals surface area contributed by atoms with Crippen LogP contribution in [0.1, 0.15) is 53.4 Å². The number of unbranched alkanes of at least 4 members (excludes halogenated alkanes) is 1. The third-order valence-electron chi connectivity index (χ3n) is 3.85. The Hall–Kier alpha value is -0.840. The summed E-state index contributed by atoms with van der Waals surface area (Å²) in [4.78, 5) is 12.2. The second-order valence-corrected chi connectivity index (χ2v) is 6.06. The Morgan fingerprint density at radius 1 is 1.35 bits per heavy atom. The van der Waals surface area contributed by atoms with Gasteiger partial charge in [-0.25, -0.2) is 4.68 Å². The molecular weight excluding hydrogens is 318 g/mol. The van der Waals surface area contributed by atoms with Crippen LogP contribution in [0.2, 0.25) is 0 Å². The van der Waals surface area contributed by atoms with E-state index >= 15 is 0 Å². The van der Waals surface area contributed by atoms with E-state index in [0.29, 0.717) is 23.0 Å². The van der Waals surface area contributed by atoms with E-state index in [9.17, 15) is 4.79 Å². The van der Waals surface area contributed by atoms with Gasteiger partial charge < -0.3 is 5.32 Å². The van der Waals surface area contributed by atoms with Gasteiger partial charge in [0.2, 0.25) is 0 Å². The second-order valence-electron chi connectivity index (χ2n) is 5.26. The summed E-state index contributed by atoms with van der Waals surface area (Å²) in [5.74, 6) is 0.601. The number of nitrogens with one attached hydrogen (secondary N) is 1. The normalized spacial score (nSPS) is 12.7. The maximum absolute atomic E-state index is 12.2. The van der Waals surface area contributed by atoms with Gasteiger partial charge in [0.15, 0.2) is 0 Å². The van der Waals surface area contributed by atoms with Gasteiger partial charge in [0.25, 0.3) is 5.56 Å². The van der Waals surface area contributed by atoms with Gasteiger partial charge in [-0.05, 0) is 35.2 Å². The highest BCUT2D eigenvalue weighted by Crippen LogP contribution is 2.21. The largest absolute Gasteiger partial charge is 0.380 e. The molecule has 1 aromatic rings. The zero-order valence-corrected chi connectivity index (χ0v) is 14.5. The first-order valence-electron chi connectivity index (χ1n) is 7.57. The van der Waals surface area contributed by atoms with Crippen LogP contribution in [0.25, 0.3) is 0 Å². The number of hydrogen-bond acceptors (Lipinski definition) is 3. The van der Waals surface area contributed by atoms with Gasteiger partial charge >= 0.3 is 0 Å². The Morgan fingerprint density at radius 2 is 2.00 bits per heavy atom. The average molecular weight is 344 g/mol. The fourth-order valence-electron chi connectivity index (χ4n) is 2.39. The van der Waals surface area contributed by atoms with E-state index in [1.54, 1.807) is 6.20 Å². The lowest BCUT2D eigenvalue weighted by atomic mass is 9.95. The van der Waals surface area contributed by atoms with Crippen molar-refractivity contribution in [2.24, 2.45) is 5.92 Å². The third kappa shape index (κ3) is 4.33. The molecular formula is C15H26BrN3O. The fourth-order valence-corrected chi connectivity index (χ4v) is 2.81. The third-order valence-corrected chi connectivity index (χ3v) is 4.61. The maximum Gasteiger partial charge on any atom is 0.283 e. The zero-order chi connectivity index (χ0) is 15.1. The van der Waals surface area contributed by atoms with Crippen LogP contribution in [-0.4, -0.2) is 15.8 Å². The van der Waals surface area contributed by atoms with E-state index in [1.165, 1.54) is 4.68 Å². The van der Waals surface area contributed by atoms with E-state index in [1.807, 2.05) is 0 Å². The van der Waals surface area contributed by atoms with Crippen molar-refractivity contribution in [2.45, 2.75) is 66.0 Å². The van der Waals surface area contributed by atoms with E-state index < -0.39 is 0 Å². The summed E-state index contributed by atoms with van der Waals surface area (Å²) in [5.41, 5.74) is 0.738. The van der Waals surface area contributed by atoms with Gasteiger partial charge in [-0.3, -0.25) is 4.79 Å². The van der Waals surface area contributed by atoms with Gasteiger partial charge in [0.1, 0.15) is 4.47 Å². The first-order chi connectivity index (χ1) is 9.54. The molecule has 0 spiro atoms. The number of rotatable bonds is 8. The zero-order valence-electron chi connectivity index (χ0n) is 12.9. The van der Waals surface area contributed by atoms with Crippen molar-refractivity contribution in [1.29, 1.82) is 0 Å². The van der Waals surface area contributed by atoms with Crippen LogP contribution in [0.3, 0.4) is 0 Å². The SMILES string of the molecule is CCCCn1ncc(NC(C)C(CC)CC)c(Br)c1=O. The molecule has 0 saturated carbocycles. The summed E-state index contributed by atoms with van der Waals surface area (Å²) in [7, 11) is 0. The molecule has 0 fully saturated rings. The molecule has 1 heterocycles. The van der Waals surface area contributed by atoms with Crippen LogP contribution in [0.5, 0.6) is 0 Å². The number of nitrogens with zero attached hydrogens (tertiary/aromatic N) is 2. The minimum Gasteiger partial charge on any atom is -0.380 e. The lowest BCUT2D eigenvalue weighted by molar-refractivity contribution is 0.437. The molecule has 4 nitrogen and oxygen atoms in total. The van der Waals surface area contributed by atoms with E-state index in [4.69, 9.17) is 0 Å². The molecule has 1 aromatic heterocycles. The van der Waals surface area contributed by atoms with Crippen molar-refractivity contribution in [3.05, 3.63) is 21.0 Å². The van der Waals surface area contributed by atoms with Crippen molar-refractivity contribution in [3.63, 3.8) is 0 Å². The summed E-state index contributed by atoms with van der Waals surface area (Å²) in [6, 6.07) is 0.328. The molecule has 20 heavy (non-hydrogen) atoms. The van der Waals surface area contributed by atoms with Crippen LogP contribution < -0.4 is 10.9 Å². The summed E-state index contributed by atoms with van der Waals surface area (Å²) < 4.78 is 2.11. The molecule has 0 radical (unpaired) electrons. The number of hydrogen-bond donors (Lipinski definition) is 1. The Kier molecular flexibility index (Phi) is 7.27. The minimum absolute atomic E-state index is 0.0554. The van der Waals surface area contributed by atoms with E-state index in [2.05, 4.69) is 54.0 Å². The molecule has 0 aliphatic rings. The summed E-state index contributed by atoms with van der Waals surface area (Å²) in [6.45, 7) is 9.33. The topological polar surface area (TPSA) is 46.9 Å². The quantitative estimate of drug-likeness (QED) is 0.774. The highest BCUT2D eigenvalue weighted by Gasteiger charge is 2.16. The lowest BCUT2D eigenvalue weighted by Gasteiger charge is -2.24. The predicted octanol–water partition coefficient (Wildman–Crippen LogP) is 4.04. The van der Waals surface area contributed by atoms with Gasteiger partial charge in [-0.15, -0.1) is 0 Å². The molecule has 0 amide bonds. The molecule has 0 saturated heterocycles. The second kappa shape index (κ2) is 8.45. The molecule has 1 unspecified atom stereocenters. The highest BCUT2D eigenvalue weighted by molar-refractivity contribution is 9.10. The van der Waals surface area contributed by atoms with Crippen molar-refractivity contribution in [2.75, 3.05) is 5.32 Å². The van der Waals surface area contributed by atoms with Crippen LogP contribution in [0.4, 0.5) is 5.69 Å². The molecule has 1 rings (SSSR count). The fraction of sp³-hybridized carbons (Fsp3) is 0.733. The Morgan fingerprint density at radius 3 is 2.55 bits per heavy atom. The summed E-state index contributed by atoms with van der Waals surface area (Å²) in [5, 5.41) is 7.67. The van der Waals surface area contributed by atoms with E-state index in [-0.39, 0.29) is 5.56 Å². The molecule has 0 aliphatic heterocycles. The van der Waals surface area contributed by atoms with Gasteiger partial charge in [-0.2, -0.15) is 5.10 Å². The minimum atomic E-state index is -0.0554. The molecule has 1 atom stereocenters. The molecule has 0 aromatic carbocycles. The maximum atomic E-state index is 12.2. The Labute approximate surface area is 130 Å². The van der Waals surface area contributed by atoms with Crippen molar-refractivity contribution < 1.29 is 0 Å². The van der Waals surface area contributed by atoms with Crippen LogP contribution in [0.15, 0.2) is 15.5 Å². The van der Waals surface area contributed by atoms with Crippen molar-refractivity contribution in [3.8, 4) is 0 Å². The van der Waals surface area contributed by atoms with Crippen LogP contribution >= 0.6 is 15.9 Å². The van der Waals surface area contributed by atoms with Crippen molar-refractivity contribution >= 4 is 21.6 Å². The van der Waals surface area contributed by atoms with Crippen LogP contribution in [0, 0.1) is 5.92 Å². The number of aromatic nitrogens is 2. The van der Waals surface area contributed by atoms with Crippen molar-refractivity contribution in [1.82, 2.24) is 9.78 Å². The Balaban J connectivity index is 2.87. The predicted molar refractivity (Wildman–Crippen MR) is 88.3 cm³/mol. The average Bonchev–Trinajstić information content (AvgIpc) is 2.44. The molecule has 5 heteroatoms. The first kappa shape index (κ1) is 17.2. The number of anilines is 1. The molecule has 1 N–H and O–H groups in total. The Bertz CT molecular complexity index is 469. The highest BCUT2D eigenvalue weighted by atomic mass is 79.9. The standard InChI is InChI=1S/C15H26BrN3O/c1-5-8-9-19-15(20)14(16)13(10-17-19)18-11(4)12(6-2)7-3/h10-12,18H,5-9H2,1-4H3.